The van der Waals surface area contributed by atoms with Crippen LogP contribution in [0.1, 0.15) is 98.9 Å². The molecule has 0 unspecified atom stereocenters. The number of carboxylic acid groups (broad SMARTS) is 1. The number of ether oxygens (including phenoxy) is 2. The summed E-state index contributed by atoms with van der Waals surface area (Å²) in [7, 11) is 0. The van der Waals surface area contributed by atoms with Gasteiger partial charge in [-0.15, -0.1) is 10.2 Å². The quantitative estimate of drug-likeness (QED) is 0.397. The van der Waals surface area contributed by atoms with E-state index < -0.39 is 11.9 Å². The molecule has 2 bridgehead atoms. The van der Waals surface area contributed by atoms with E-state index in [2.05, 4.69) is 64.9 Å². The minimum absolute atomic E-state index is 0.0536. The Labute approximate surface area is 257 Å². The van der Waals surface area contributed by atoms with Crippen molar-refractivity contribution in [3.05, 3.63) is 17.5 Å². The SMILES string of the molecule is Cc1nnn([C@@H]2C[C@]3(C)COC[C@@]4(C5=CC[C@@]6(C)[C@H](C(=O)O)[C@@](C)([C@H](C)C(C)C)CC[C@]6(C)[C@H]5CC[C@H]34)[C@H]2OCCN)n1. The van der Waals surface area contributed by atoms with Crippen LogP contribution in [0.2, 0.25) is 0 Å². The van der Waals surface area contributed by atoms with E-state index in [1.165, 1.54) is 5.57 Å². The number of carbonyl (C=O) groups is 1. The molecule has 0 spiro atoms. The Hall–Kier alpha value is -1.84. The standard InChI is InChI=1S/C34H55N5O4/c1-20(2)21(3)31(6)13-14-32(7)23-9-10-26-30(5)17-25(39-37-22(4)36-38-39)28(43-16-15-35)34(26,19-42-18-30)24(23)11-12-33(32,8)27(31)29(40)41/h11,20-21,23,25-28H,9-10,12-19,35H2,1-8H3,(H,40,41)/t21-,23+,25-,26-,27-,28+,30-,31-,32-,33+,34+/m1/s1. The second kappa shape index (κ2) is 10.3. The molecule has 3 N–H and O–H groups in total. The topological polar surface area (TPSA) is 125 Å². The second-order valence-electron chi connectivity index (χ2n) is 16.4. The molecule has 0 radical (unpaired) electrons. The maximum Gasteiger partial charge on any atom is 0.307 e. The third kappa shape index (κ3) is 4.12. The minimum atomic E-state index is -0.629. The van der Waals surface area contributed by atoms with Crippen molar-refractivity contribution in [3.63, 3.8) is 0 Å². The number of hydrogen-bond acceptors (Lipinski definition) is 7. The van der Waals surface area contributed by atoms with Crippen molar-refractivity contribution < 1.29 is 19.4 Å². The molecule has 0 aromatic carbocycles. The van der Waals surface area contributed by atoms with Gasteiger partial charge >= 0.3 is 5.97 Å². The maximum absolute atomic E-state index is 13.4. The van der Waals surface area contributed by atoms with Crippen molar-refractivity contribution >= 4 is 5.97 Å². The third-order valence-corrected chi connectivity index (χ3v) is 14.3. The molecule has 1 aromatic heterocycles. The number of allylic oxidation sites excluding steroid dienone is 1. The molecule has 1 aromatic rings. The highest BCUT2D eigenvalue weighted by atomic mass is 16.5. The van der Waals surface area contributed by atoms with E-state index >= 15 is 0 Å². The normalized spacial score (nSPS) is 46.4. The van der Waals surface area contributed by atoms with Gasteiger partial charge in [0.25, 0.3) is 0 Å². The van der Waals surface area contributed by atoms with E-state index in [9.17, 15) is 9.90 Å². The number of tetrazole rings is 1. The molecule has 0 amide bonds. The Morgan fingerprint density at radius 1 is 1.16 bits per heavy atom. The van der Waals surface area contributed by atoms with Gasteiger partial charge in [-0.3, -0.25) is 4.79 Å². The first-order valence-electron chi connectivity index (χ1n) is 16.8. The zero-order valence-corrected chi connectivity index (χ0v) is 27.7. The van der Waals surface area contributed by atoms with E-state index in [1.807, 2.05) is 6.92 Å². The number of rotatable bonds is 7. The van der Waals surface area contributed by atoms with Crippen molar-refractivity contribution in [2.24, 2.45) is 62.4 Å². The summed E-state index contributed by atoms with van der Waals surface area (Å²) in [4.78, 5) is 15.2. The van der Waals surface area contributed by atoms with Crippen LogP contribution in [-0.2, 0) is 14.3 Å². The van der Waals surface area contributed by atoms with Crippen LogP contribution in [0.3, 0.4) is 0 Å². The summed E-state index contributed by atoms with van der Waals surface area (Å²) in [6, 6.07) is -0.0769. The molecule has 1 aliphatic heterocycles. The van der Waals surface area contributed by atoms with Gasteiger partial charge in [0, 0.05) is 12.0 Å². The van der Waals surface area contributed by atoms with Gasteiger partial charge in [0.2, 0.25) is 0 Å². The molecule has 2 heterocycles. The highest BCUT2D eigenvalue weighted by molar-refractivity contribution is 5.73. The zero-order valence-electron chi connectivity index (χ0n) is 27.7. The van der Waals surface area contributed by atoms with Crippen LogP contribution in [0.15, 0.2) is 11.6 Å². The largest absolute Gasteiger partial charge is 0.481 e. The Kier molecular flexibility index (Phi) is 7.49. The lowest BCUT2D eigenvalue weighted by Gasteiger charge is -2.71. The Balaban J connectivity index is 1.51. The average molecular weight is 598 g/mol. The van der Waals surface area contributed by atoms with Crippen LogP contribution in [-0.4, -0.2) is 63.8 Å². The fourth-order valence-corrected chi connectivity index (χ4v) is 11.7. The summed E-state index contributed by atoms with van der Waals surface area (Å²) in [5, 5.41) is 24.4. The molecule has 4 aliphatic carbocycles. The molecule has 43 heavy (non-hydrogen) atoms. The van der Waals surface area contributed by atoms with Crippen LogP contribution in [0.25, 0.3) is 0 Å². The minimum Gasteiger partial charge on any atom is -0.481 e. The van der Waals surface area contributed by atoms with Crippen LogP contribution >= 0.6 is 0 Å². The third-order valence-electron chi connectivity index (χ3n) is 14.3. The highest BCUT2D eigenvalue weighted by Crippen LogP contribution is 2.75. The van der Waals surface area contributed by atoms with Crippen LogP contribution in [0, 0.1) is 63.6 Å². The molecule has 9 nitrogen and oxygen atoms in total. The molecule has 1 saturated heterocycles. The maximum atomic E-state index is 13.4. The second-order valence-corrected chi connectivity index (χ2v) is 16.4. The van der Waals surface area contributed by atoms with Crippen LogP contribution in [0.5, 0.6) is 0 Å². The summed E-state index contributed by atoms with van der Waals surface area (Å²) in [5.74, 6) is 1.02. The highest BCUT2D eigenvalue weighted by Gasteiger charge is 2.72. The predicted octanol–water partition coefficient (Wildman–Crippen LogP) is 5.46. The molecular formula is C34H55N5O4. The molecule has 4 fully saturated rings. The summed E-state index contributed by atoms with van der Waals surface area (Å²) in [6.07, 6.45) is 8.02. The number of nitrogens with zero attached hydrogens (tertiary/aromatic N) is 4. The summed E-state index contributed by atoms with van der Waals surface area (Å²) in [5.41, 5.74) is 6.32. The van der Waals surface area contributed by atoms with Crippen molar-refractivity contribution in [1.82, 2.24) is 20.2 Å². The predicted molar refractivity (Wildman–Crippen MR) is 164 cm³/mol. The summed E-state index contributed by atoms with van der Waals surface area (Å²) < 4.78 is 13.4. The first kappa shape index (κ1) is 31.2. The number of fused-ring (bicyclic) bond motifs is 3. The smallest absolute Gasteiger partial charge is 0.307 e. The summed E-state index contributed by atoms with van der Waals surface area (Å²) in [6.45, 7) is 20.3. The van der Waals surface area contributed by atoms with Crippen molar-refractivity contribution in [2.75, 3.05) is 26.4 Å². The van der Waals surface area contributed by atoms with Gasteiger partial charge in [-0.1, -0.05) is 60.1 Å². The van der Waals surface area contributed by atoms with Gasteiger partial charge in [-0.25, -0.2) is 0 Å². The lowest BCUT2D eigenvalue weighted by molar-refractivity contribution is -0.252. The Morgan fingerprint density at radius 2 is 1.91 bits per heavy atom. The van der Waals surface area contributed by atoms with Gasteiger partial charge in [0.05, 0.1) is 31.8 Å². The van der Waals surface area contributed by atoms with Gasteiger partial charge in [0.1, 0.15) is 6.04 Å². The average Bonchev–Trinajstić information content (AvgIpc) is 3.38. The number of carboxylic acids is 1. The number of nitrogens with two attached hydrogens (primary N) is 1. The molecule has 3 saturated carbocycles. The van der Waals surface area contributed by atoms with E-state index in [0.717, 1.165) is 38.5 Å². The Bertz CT molecular complexity index is 1280. The Morgan fingerprint density at radius 3 is 2.53 bits per heavy atom. The molecule has 9 heteroatoms. The summed E-state index contributed by atoms with van der Waals surface area (Å²) >= 11 is 0. The molecular weight excluding hydrogens is 542 g/mol. The van der Waals surface area contributed by atoms with Crippen LogP contribution in [0.4, 0.5) is 0 Å². The number of aliphatic carboxylic acids is 1. The zero-order chi connectivity index (χ0) is 31.2. The number of hydrogen-bond donors (Lipinski definition) is 2. The number of aromatic nitrogens is 4. The first-order chi connectivity index (χ1) is 20.2. The van der Waals surface area contributed by atoms with Crippen molar-refractivity contribution in [3.8, 4) is 0 Å². The van der Waals surface area contributed by atoms with Gasteiger partial charge < -0.3 is 20.3 Å². The number of aryl methyl sites for hydroxylation is 1. The van der Waals surface area contributed by atoms with E-state index in [0.29, 0.717) is 49.9 Å². The first-order valence-corrected chi connectivity index (χ1v) is 16.8. The molecule has 5 aliphatic rings. The van der Waals surface area contributed by atoms with Gasteiger partial charge in [0.15, 0.2) is 5.82 Å². The van der Waals surface area contributed by atoms with E-state index in [-0.39, 0.29) is 45.1 Å². The molecule has 6 rings (SSSR count). The lowest BCUT2D eigenvalue weighted by atomic mass is 9.34. The van der Waals surface area contributed by atoms with E-state index in [1.54, 1.807) is 4.80 Å². The van der Waals surface area contributed by atoms with Gasteiger partial charge in [-0.2, -0.15) is 4.80 Å². The monoisotopic (exact) mass is 597 g/mol. The van der Waals surface area contributed by atoms with Crippen molar-refractivity contribution in [1.29, 1.82) is 0 Å². The fraction of sp³-hybridized carbons (Fsp3) is 0.882. The van der Waals surface area contributed by atoms with Crippen LogP contribution < -0.4 is 5.73 Å². The molecule has 11 atom stereocenters. The lowest BCUT2D eigenvalue weighted by Crippen LogP contribution is -2.70. The fourth-order valence-electron chi connectivity index (χ4n) is 11.7. The van der Waals surface area contributed by atoms with Gasteiger partial charge in [-0.05, 0) is 96.0 Å². The van der Waals surface area contributed by atoms with Crippen molar-refractivity contribution in [2.45, 2.75) is 106 Å². The molecule has 240 valence electrons. The van der Waals surface area contributed by atoms with E-state index in [4.69, 9.17) is 20.3 Å².